The normalized spacial score (nSPS) is 17.3. The van der Waals surface area contributed by atoms with Gasteiger partial charge in [-0.1, -0.05) is 19.3 Å². The van der Waals surface area contributed by atoms with E-state index in [1.807, 2.05) is 5.38 Å². The van der Waals surface area contributed by atoms with Crippen LogP contribution in [0.25, 0.3) is 10.2 Å². The molecule has 0 radical (unpaired) electrons. The highest BCUT2D eigenvalue weighted by molar-refractivity contribution is 7.17. The summed E-state index contributed by atoms with van der Waals surface area (Å²) in [5, 5.41) is 12.3. The molecule has 1 amide bonds. The summed E-state index contributed by atoms with van der Waals surface area (Å²) < 4.78 is 0.597. The molecule has 2 N–H and O–H groups in total. The third-order valence-electron chi connectivity index (χ3n) is 4.44. The molecule has 7 heteroatoms. The van der Waals surface area contributed by atoms with Crippen LogP contribution < -0.4 is 5.56 Å². The third-order valence-corrected chi connectivity index (χ3v) is 5.34. The van der Waals surface area contributed by atoms with Crippen molar-refractivity contribution < 1.29 is 9.90 Å². The zero-order valence-electron chi connectivity index (χ0n) is 13.2. The maximum atomic E-state index is 12.4. The molecule has 1 aliphatic rings. The van der Waals surface area contributed by atoms with Gasteiger partial charge in [0.15, 0.2) is 0 Å². The van der Waals surface area contributed by atoms with Crippen molar-refractivity contribution in [3.63, 3.8) is 0 Å². The molecule has 2 heterocycles. The van der Waals surface area contributed by atoms with Gasteiger partial charge in [0, 0.05) is 7.05 Å². The molecular formula is C16H21N3O3S. The van der Waals surface area contributed by atoms with Gasteiger partial charge >= 0.3 is 0 Å². The summed E-state index contributed by atoms with van der Waals surface area (Å²) in [6, 6.07) is 1.80. The Kier molecular flexibility index (Phi) is 4.50. The van der Waals surface area contributed by atoms with E-state index >= 15 is 0 Å². The van der Waals surface area contributed by atoms with Gasteiger partial charge in [0.1, 0.15) is 10.5 Å². The van der Waals surface area contributed by atoms with Crippen molar-refractivity contribution in [3.05, 3.63) is 27.6 Å². The highest BCUT2D eigenvalue weighted by Gasteiger charge is 2.32. The SMILES string of the molecule is CN(Cc1nc2ccsc2c(=O)[nH]1)C(=O)CC1(O)CCCCC1. The molecule has 2 aromatic rings. The van der Waals surface area contributed by atoms with Crippen molar-refractivity contribution in [2.45, 2.75) is 50.7 Å². The Bertz CT molecular complexity index is 761. The Morgan fingerprint density at radius 2 is 2.17 bits per heavy atom. The smallest absolute Gasteiger partial charge is 0.268 e. The van der Waals surface area contributed by atoms with Gasteiger partial charge in [-0.3, -0.25) is 9.59 Å². The Morgan fingerprint density at radius 1 is 1.43 bits per heavy atom. The lowest BCUT2D eigenvalue weighted by atomic mass is 9.82. The number of nitrogens with zero attached hydrogens (tertiary/aromatic N) is 2. The zero-order chi connectivity index (χ0) is 16.4. The first-order valence-electron chi connectivity index (χ1n) is 7.90. The minimum atomic E-state index is -0.873. The standard InChI is InChI=1S/C16H21N3O3S/c1-19(13(20)9-16(22)6-3-2-4-7-16)10-12-17-11-5-8-23-14(11)15(21)18-12/h5,8,22H,2-4,6-7,9-10H2,1H3,(H,17,18,21). The molecule has 23 heavy (non-hydrogen) atoms. The van der Waals surface area contributed by atoms with Crippen molar-refractivity contribution in [2.75, 3.05) is 7.05 Å². The number of rotatable bonds is 4. The van der Waals surface area contributed by atoms with Crippen LogP contribution in [0.2, 0.25) is 0 Å². The van der Waals surface area contributed by atoms with Crippen LogP contribution in [0.4, 0.5) is 0 Å². The number of H-pyrrole nitrogens is 1. The molecule has 3 rings (SSSR count). The number of hydrogen-bond acceptors (Lipinski definition) is 5. The van der Waals surface area contributed by atoms with Gasteiger partial charge < -0.3 is 15.0 Å². The topological polar surface area (TPSA) is 86.3 Å². The minimum Gasteiger partial charge on any atom is -0.389 e. The Balaban J connectivity index is 1.68. The number of aromatic nitrogens is 2. The lowest BCUT2D eigenvalue weighted by Gasteiger charge is -2.32. The Hall–Kier alpha value is -1.73. The number of nitrogens with one attached hydrogen (secondary N) is 1. The van der Waals surface area contributed by atoms with Crippen molar-refractivity contribution in [3.8, 4) is 0 Å². The van der Waals surface area contributed by atoms with Gasteiger partial charge in [0.05, 0.1) is 24.1 Å². The van der Waals surface area contributed by atoms with Crippen LogP contribution in [0.1, 0.15) is 44.3 Å². The number of aliphatic hydroxyl groups is 1. The van der Waals surface area contributed by atoms with E-state index < -0.39 is 5.60 Å². The number of aromatic amines is 1. The van der Waals surface area contributed by atoms with Crippen molar-refractivity contribution in [1.29, 1.82) is 0 Å². The second-order valence-electron chi connectivity index (χ2n) is 6.36. The average molecular weight is 335 g/mol. The van der Waals surface area contributed by atoms with E-state index in [2.05, 4.69) is 9.97 Å². The molecule has 1 fully saturated rings. The molecule has 1 aliphatic carbocycles. The molecule has 6 nitrogen and oxygen atoms in total. The minimum absolute atomic E-state index is 0.123. The molecule has 0 atom stereocenters. The lowest BCUT2D eigenvalue weighted by molar-refractivity contribution is -0.137. The second-order valence-corrected chi connectivity index (χ2v) is 7.28. The predicted octanol–water partition coefficient (Wildman–Crippen LogP) is 2.03. The maximum absolute atomic E-state index is 12.4. The molecule has 0 aliphatic heterocycles. The predicted molar refractivity (Wildman–Crippen MR) is 89.4 cm³/mol. The van der Waals surface area contributed by atoms with Crippen molar-refractivity contribution in [2.24, 2.45) is 0 Å². The molecule has 0 bridgehead atoms. The van der Waals surface area contributed by atoms with E-state index in [1.165, 1.54) is 16.2 Å². The van der Waals surface area contributed by atoms with Gasteiger partial charge in [0.25, 0.3) is 5.56 Å². The molecule has 0 saturated heterocycles. The van der Waals surface area contributed by atoms with E-state index in [0.29, 0.717) is 28.9 Å². The van der Waals surface area contributed by atoms with Gasteiger partial charge in [-0.25, -0.2) is 4.98 Å². The summed E-state index contributed by atoms with van der Waals surface area (Å²) in [6.45, 7) is 0.232. The first kappa shape index (κ1) is 16.1. The average Bonchev–Trinajstić information content (AvgIpc) is 2.96. The Labute approximate surface area is 138 Å². The zero-order valence-corrected chi connectivity index (χ0v) is 14.0. The van der Waals surface area contributed by atoms with Crippen LogP contribution in [0, 0.1) is 0 Å². The van der Waals surface area contributed by atoms with Crippen LogP contribution in [-0.2, 0) is 11.3 Å². The molecule has 1 saturated carbocycles. The summed E-state index contributed by atoms with van der Waals surface area (Å²) in [5.41, 5.74) is -0.394. The van der Waals surface area contributed by atoms with E-state index in [-0.39, 0.29) is 24.4 Å². The first-order valence-corrected chi connectivity index (χ1v) is 8.78. The lowest BCUT2D eigenvalue weighted by Crippen LogP contribution is -2.39. The van der Waals surface area contributed by atoms with E-state index in [1.54, 1.807) is 13.1 Å². The summed E-state index contributed by atoms with van der Waals surface area (Å²) in [6.07, 6.45) is 4.56. The first-order chi connectivity index (χ1) is 11.0. The van der Waals surface area contributed by atoms with Gasteiger partial charge in [-0.15, -0.1) is 11.3 Å². The monoisotopic (exact) mass is 335 g/mol. The largest absolute Gasteiger partial charge is 0.389 e. The number of carbonyl (C=O) groups excluding carboxylic acids is 1. The van der Waals surface area contributed by atoms with Crippen LogP contribution in [0.15, 0.2) is 16.2 Å². The summed E-state index contributed by atoms with van der Waals surface area (Å²) in [5.74, 6) is 0.342. The van der Waals surface area contributed by atoms with Crippen molar-refractivity contribution in [1.82, 2.24) is 14.9 Å². The number of carbonyl (C=O) groups is 1. The quantitative estimate of drug-likeness (QED) is 0.895. The van der Waals surface area contributed by atoms with Gasteiger partial charge in [-0.2, -0.15) is 0 Å². The number of thiophene rings is 1. The highest BCUT2D eigenvalue weighted by atomic mass is 32.1. The van der Waals surface area contributed by atoms with Crippen LogP contribution >= 0.6 is 11.3 Å². The molecule has 2 aromatic heterocycles. The molecule has 0 spiro atoms. The molecule has 0 aromatic carbocycles. The fraction of sp³-hybridized carbons (Fsp3) is 0.562. The fourth-order valence-electron chi connectivity index (χ4n) is 3.11. The van der Waals surface area contributed by atoms with Gasteiger partial charge in [0.2, 0.25) is 5.91 Å². The van der Waals surface area contributed by atoms with Crippen molar-refractivity contribution >= 4 is 27.5 Å². The molecule has 124 valence electrons. The second kappa shape index (κ2) is 6.41. The van der Waals surface area contributed by atoms with E-state index in [9.17, 15) is 14.7 Å². The highest BCUT2D eigenvalue weighted by Crippen LogP contribution is 2.31. The summed E-state index contributed by atoms with van der Waals surface area (Å²) in [7, 11) is 1.67. The fourth-order valence-corrected chi connectivity index (χ4v) is 3.84. The van der Waals surface area contributed by atoms with Crippen LogP contribution in [0.3, 0.4) is 0 Å². The Morgan fingerprint density at radius 3 is 2.91 bits per heavy atom. The summed E-state index contributed by atoms with van der Waals surface area (Å²) >= 11 is 1.35. The molecular weight excluding hydrogens is 314 g/mol. The maximum Gasteiger partial charge on any atom is 0.268 e. The number of amides is 1. The van der Waals surface area contributed by atoms with E-state index in [0.717, 1.165) is 19.3 Å². The van der Waals surface area contributed by atoms with E-state index in [4.69, 9.17) is 0 Å². The van der Waals surface area contributed by atoms with Crippen LogP contribution in [0.5, 0.6) is 0 Å². The third kappa shape index (κ3) is 3.61. The van der Waals surface area contributed by atoms with Gasteiger partial charge in [-0.05, 0) is 24.3 Å². The molecule has 0 unspecified atom stereocenters. The number of hydrogen-bond donors (Lipinski definition) is 2. The summed E-state index contributed by atoms with van der Waals surface area (Å²) in [4.78, 5) is 32.9. The number of fused-ring (bicyclic) bond motifs is 1. The van der Waals surface area contributed by atoms with Crippen LogP contribution in [-0.4, -0.2) is 38.5 Å².